The maximum absolute atomic E-state index is 10.2. The van der Waals surface area contributed by atoms with Crippen molar-refractivity contribution in [3.8, 4) is 0 Å². The Balaban J connectivity index is 3.22. The van der Waals surface area contributed by atoms with Gasteiger partial charge >= 0.3 is 0 Å². The molecule has 0 bridgehead atoms. The Morgan fingerprint density at radius 1 is 1.75 bits per heavy atom. The van der Waals surface area contributed by atoms with Crippen LogP contribution in [0, 0.1) is 0 Å². The van der Waals surface area contributed by atoms with Gasteiger partial charge in [0, 0.05) is 0 Å². The second-order valence-electron chi connectivity index (χ2n) is 1.20. The minimum atomic E-state index is -0.348. The summed E-state index contributed by atoms with van der Waals surface area (Å²) in [6, 6.07) is 0. The fraction of sp³-hybridized carbons (Fsp3) is 0. The van der Waals surface area contributed by atoms with Crippen molar-refractivity contribution in [3.05, 3.63) is 16.6 Å². The Morgan fingerprint density at radius 2 is 2.50 bits per heavy atom. The van der Waals surface area contributed by atoms with Gasteiger partial charge < -0.3 is 5.73 Å². The molecule has 0 amide bonds. The van der Waals surface area contributed by atoms with E-state index in [0.29, 0.717) is 0 Å². The van der Waals surface area contributed by atoms with Crippen LogP contribution in [0.2, 0.25) is 0 Å². The number of anilines is 1. The van der Waals surface area contributed by atoms with E-state index in [2.05, 4.69) is 15.2 Å². The first-order valence-corrected chi connectivity index (χ1v) is 1.96. The summed E-state index contributed by atoms with van der Waals surface area (Å²) in [5, 5.41) is 5.41. The summed E-state index contributed by atoms with van der Waals surface area (Å²) in [6.07, 6.45) is 1.07. The number of hydrogen-bond donors (Lipinski definition) is 2. The average Bonchev–Trinajstić information content (AvgIpc) is 1.77. The zero-order chi connectivity index (χ0) is 5.98. The molecule has 1 rings (SSSR count). The largest absolute Gasteiger partial charge is 0.367 e. The van der Waals surface area contributed by atoms with E-state index in [9.17, 15) is 4.79 Å². The smallest absolute Gasteiger partial charge is 0.282 e. The van der Waals surface area contributed by atoms with Gasteiger partial charge in [0.25, 0.3) is 5.56 Å². The highest BCUT2D eigenvalue weighted by molar-refractivity contribution is 5.08. The molecular formula is C3H4N4O. The lowest BCUT2D eigenvalue weighted by atomic mass is 10.8. The molecule has 0 aliphatic heterocycles. The number of rotatable bonds is 0. The van der Waals surface area contributed by atoms with Gasteiger partial charge in [-0.15, -0.1) is 5.10 Å². The van der Waals surface area contributed by atoms with Crippen LogP contribution >= 0.6 is 0 Å². The van der Waals surface area contributed by atoms with Gasteiger partial charge in [-0.3, -0.25) is 4.79 Å². The van der Waals surface area contributed by atoms with Crippen LogP contribution in [0.5, 0.6) is 0 Å². The monoisotopic (exact) mass is 112 g/mol. The molecule has 0 unspecified atom stereocenters. The standard InChI is InChI=1S/C3H4N4O/c4-3-5-1-2(8)6-7-3/h1H,(H,6,8)(H2,4,5,7). The van der Waals surface area contributed by atoms with Gasteiger partial charge in [-0.2, -0.15) is 0 Å². The van der Waals surface area contributed by atoms with Crippen molar-refractivity contribution in [2.24, 2.45) is 0 Å². The number of aromatic amines is 1. The van der Waals surface area contributed by atoms with Crippen molar-refractivity contribution < 1.29 is 0 Å². The molecule has 0 spiro atoms. The predicted octanol–water partition coefficient (Wildman–Crippen LogP) is -1.25. The van der Waals surface area contributed by atoms with Crippen LogP contribution in [0.3, 0.4) is 0 Å². The number of hydrogen-bond acceptors (Lipinski definition) is 4. The lowest BCUT2D eigenvalue weighted by Crippen LogP contribution is -2.09. The molecule has 0 aliphatic carbocycles. The van der Waals surface area contributed by atoms with Gasteiger partial charge in [0.05, 0.1) is 6.20 Å². The second-order valence-corrected chi connectivity index (χ2v) is 1.20. The first-order valence-electron chi connectivity index (χ1n) is 1.96. The average molecular weight is 112 g/mol. The predicted molar refractivity (Wildman–Crippen MR) is 27.1 cm³/mol. The van der Waals surface area contributed by atoms with Crippen LogP contribution in [-0.2, 0) is 0 Å². The molecule has 0 saturated heterocycles. The molecule has 5 nitrogen and oxygen atoms in total. The zero-order valence-corrected chi connectivity index (χ0v) is 3.96. The molecular weight excluding hydrogens is 108 g/mol. The Hall–Kier alpha value is -1.39. The van der Waals surface area contributed by atoms with Gasteiger partial charge in [-0.05, 0) is 0 Å². The third-order valence-electron chi connectivity index (χ3n) is 0.595. The number of nitrogens with one attached hydrogen (secondary N) is 1. The van der Waals surface area contributed by atoms with Gasteiger partial charge in [0.2, 0.25) is 5.95 Å². The molecule has 5 heteroatoms. The Morgan fingerprint density at radius 3 is 2.88 bits per heavy atom. The number of nitrogen functional groups attached to an aromatic ring is 1. The molecule has 0 atom stereocenters. The maximum atomic E-state index is 10.2. The van der Waals surface area contributed by atoms with Crippen molar-refractivity contribution >= 4 is 5.95 Å². The van der Waals surface area contributed by atoms with Crippen molar-refractivity contribution in [2.75, 3.05) is 5.73 Å². The number of nitrogens with zero attached hydrogens (tertiary/aromatic N) is 2. The fourth-order valence-corrected chi connectivity index (χ4v) is 0.295. The normalized spacial score (nSPS) is 9.00. The number of H-pyrrole nitrogens is 1. The molecule has 0 aliphatic rings. The van der Waals surface area contributed by atoms with E-state index >= 15 is 0 Å². The van der Waals surface area contributed by atoms with Gasteiger partial charge in [-0.25, -0.2) is 10.1 Å². The Labute approximate surface area is 44.6 Å². The minimum absolute atomic E-state index is 0.0737. The van der Waals surface area contributed by atoms with E-state index in [-0.39, 0.29) is 11.5 Å². The second kappa shape index (κ2) is 1.61. The first-order chi connectivity index (χ1) is 3.79. The summed E-state index contributed by atoms with van der Waals surface area (Å²) < 4.78 is 0. The summed E-state index contributed by atoms with van der Waals surface area (Å²) in [4.78, 5) is 13.6. The van der Waals surface area contributed by atoms with E-state index in [1.165, 1.54) is 0 Å². The van der Waals surface area contributed by atoms with E-state index in [1.807, 2.05) is 0 Å². The van der Waals surface area contributed by atoms with Crippen LogP contribution in [-0.4, -0.2) is 15.2 Å². The van der Waals surface area contributed by atoms with Crippen LogP contribution in [0.15, 0.2) is 11.0 Å². The zero-order valence-electron chi connectivity index (χ0n) is 3.96. The van der Waals surface area contributed by atoms with E-state index in [0.717, 1.165) is 6.20 Å². The van der Waals surface area contributed by atoms with E-state index < -0.39 is 0 Å². The molecule has 3 N–H and O–H groups in total. The van der Waals surface area contributed by atoms with Gasteiger partial charge in [-0.1, -0.05) is 0 Å². The number of nitrogens with two attached hydrogens (primary N) is 1. The van der Waals surface area contributed by atoms with Crippen molar-refractivity contribution in [1.82, 2.24) is 15.2 Å². The van der Waals surface area contributed by atoms with Crippen LogP contribution < -0.4 is 11.3 Å². The molecule has 8 heavy (non-hydrogen) atoms. The van der Waals surface area contributed by atoms with Crippen LogP contribution in [0.4, 0.5) is 5.95 Å². The SMILES string of the molecule is Nc1ncc(=O)[nH]n1. The lowest BCUT2D eigenvalue weighted by molar-refractivity contribution is 0.946. The maximum Gasteiger partial charge on any atom is 0.282 e. The Kier molecular flexibility index (Phi) is 0.957. The highest BCUT2D eigenvalue weighted by Gasteiger charge is 1.82. The van der Waals surface area contributed by atoms with Crippen LogP contribution in [0.25, 0.3) is 0 Å². The Bertz CT molecular complexity index is 208. The fourth-order valence-electron chi connectivity index (χ4n) is 0.295. The molecule has 1 aromatic heterocycles. The summed E-state index contributed by atoms with van der Waals surface area (Å²) >= 11 is 0. The molecule has 0 radical (unpaired) electrons. The highest BCUT2D eigenvalue weighted by atomic mass is 16.1. The summed E-state index contributed by atoms with van der Waals surface area (Å²) in [5.74, 6) is 0.0737. The van der Waals surface area contributed by atoms with Crippen molar-refractivity contribution in [3.63, 3.8) is 0 Å². The summed E-state index contributed by atoms with van der Waals surface area (Å²) in [7, 11) is 0. The minimum Gasteiger partial charge on any atom is -0.367 e. The van der Waals surface area contributed by atoms with Crippen LogP contribution in [0.1, 0.15) is 0 Å². The third kappa shape index (κ3) is 0.810. The molecule has 1 aromatic rings. The first kappa shape index (κ1) is 4.76. The van der Waals surface area contributed by atoms with Gasteiger partial charge in [0.15, 0.2) is 0 Å². The third-order valence-corrected chi connectivity index (χ3v) is 0.595. The quantitative estimate of drug-likeness (QED) is 0.439. The van der Waals surface area contributed by atoms with E-state index in [1.54, 1.807) is 0 Å². The highest BCUT2D eigenvalue weighted by Crippen LogP contribution is 1.73. The molecule has 0 saturated carbocycles. The molecule has 1 heterocycles. The number of aromatic nitrogens is 3. The van der Waals surface area contributed by atoms with Crippen molar-refractivity contribution in [1.29, 1.82) is 0 Å². The summed E-state index contributed by atoms with van der Waals surface area (Å²) in [6.45, 7) is 0. The van der Waals surface area contributed by atoms with E-state index in [4.69, 9.17) is 5.73 Å². The molecule has 42 valence electrons. The lowest BCUT2D eigenvalue weighted by Gasteiger charge is -1.82. The molecule has 0 aromatic carbocycles. The van der Waals surface area contributed by atoms with Gasteiger partial charge in [0.1, 0.15) is 0 Å². The van der Waals surface area contributed by atoms with Crippen molar-refractivity contribution in [2.45, 2.75) is 0 Å². The topological polar surface area (TPSA) is 84.7 Å². The molecule has 0 fully saturated rings. The summed E-state index contributed by atoms with van der Waals surface area (Å²) in [5.41, 5.74) is 4.69.